The van der Waals surface area contributed by atoms with Crippen molar-refractivity contribution in [3.8, 4) is 5.88 Å². The van der Waals surface area contributed by atoms with Crippen LogP contribution in [-0.4, -0.2) is 74.4 Å². The molecule has 0 aromatic carbocycles. The van der Waals surface area contributed by atoms with E-state index < -0.39 is 0 Å². The van der Waals surface area contributed by atoms with Crippen molar-refractivity contribution in [1.82, 2.24) is 20.1 Å². The number of aromatic nitrogens is 1. The number of ether oxygens (including phenoxy) is 2. The van der Waals surface area contributed by atoms with Gasteiger partial charge in [-0.05, 0) is 5.56 Å². The summed E-state index contributed by atoms with van der Waals surface area (Å²) in [4.78, 5) is 20.3. The normalized spacial score (nSPS) is 15.6. The zero-order chi connectivity index (χ0) is 15.8. The minimum atomic E-state index is -0.0113. The molecule has 1 aromatic rings. The van der Waals surface area contributed by atoms with Crippen LogP contribution in [0.3, 0.4) is 0 Å². The van der Waals surface area contributed by atoms with E-state index in [-0.39, 0.29) is 6.03 Å². The van der Waals surface area contributed by atoms with Gasteiger partial charge in [0.25, 0.3) is 0 Å². The van der Waals surface area contributed by atoms with E-state index in [4.69, 9.17) is 9.47 Å². The molecule has 0 atom stereocenters. The van der Waals surface area contributed by atoms with Crippen molar-refractivity contribution in [3.63, 3.8) is 0 Å². The van der Waals surface area contributed by atoms with Gasteiger partial charge in [-0.1, -0.05) is 6.07 Å². The number of amides is 2. The fourth-order valence-corrected chi connectivity index (χ4v) is 2.36. The van der Waals surface area contributed by atoms with Crippen LogP contribution in [0, 0.1) is 0 Å². The number of hydrogen-bond acceptors (Lipinski definition) is 5. The van der Waals surface area contributed by atoms with E-state index in [0.717, 1.165) is 38.3 Å². The average molecular weight is 308 g/mol. The minimum absolute atomic E-state index is 0.0113. The van der Waals surface area contributed by atoms with Gasteiger partial charge in [0, 0.05) is 58.6 Å². The molecule has 1 saturated heterocycles. The zero-order valence-electron chi connectivity index (χ0n) is 13.2. The second kappa shape index (κ2) is 8.55. The third-order valence-electron chi connectivity index (χ3n) is 3.65. The van der Waals surface area contributed by atoms with Crippen molar-refractivity contribution in [2.45, 2.75) is 6.54 Å². The highest BCUT2D eigenvalue weighted by atomic mass is 16.5. The number of hydrogen-bond donors (Lipinski definition) is 1. The predicted molar refractivity (Wildman–Crippen MR) is 82.9 cm³/mol. The number of carbonyl (C=O) groups is 1. The molecule has 0 saturated carbocycles. The van der Waals surface area contributed by atoms with E-state index in [2.05, 4.69) is 15.2 Å². The Morgan fingerprint density at radius 1 is 1.27 bits per heavy atom. The van der Waals surface area contributed by atoms with Crippen LogP contribution in [0.4, 0.5) is 4.79 Å². The van der Waals surface area contributed by atoms with Crippen molar-refractivity contribution >= 4 is 6.03 Å². The number of urea groups is 1. The number of carbonyl (C=O) groups excluding carboxylic acids is 1. The molecule has 2 amide bonds. The van der Waals surface area contributed by atoms with Crippen molar-refractivity contribution in [1.29, 1.82) is 0 Å². The van der Waals surface area contributed by atoms with E-state index in [9.17, 15) is 4.79 Å². The molecule has 7 nitrogen and oxygen atoms in total. The molecule has 2 heterocycles. The van der Waals surface area contributed by atoms with Crippen molar-refractivity contribution in [3.05, 3.63) is 23.9 Å². The quantitative estimate of drug-likeness (QED) is 0.778. The van der Waals surface area contributed by atoms with Gasteiger partial charge in [0.2, 0.25) is 5.88 Å². The average Bonchev–Trinajstić information content (AvgIpc) is 2.56. The maximum atomic E-state index is 11.9. The summed E-state index contributed by atoms with van der Waals surface area (Å²) in [7, 11) is 3.23. The topological polar surface area (TPSA) is 66.9 Å². The molecule has 0 bridgehead atoms. The van der Waals surface area contributed by atoms with Crippen molar-refractivity contribution in [2.75, 3.05) is 53.6 Å². The lowest BCUT2D eigenvalue weighted by Gasteiger charge is -2.34. The number of rotatable bonds is 6. The third kappa shape index (κ3) is 4.85. The highest BCUT2D eigenvalue weighted by molar-refractivity contribution is 5.74. The van der Waals surface area contributed by atoms with E-state index in [1.165, 1.54) is 0 Å². The standard InChI is InChI=1S/C15H24N4O3/c1-21-10-5-16-15(20)19-8-6-18(7-9-19)12-13-3-4-14(22-2)17-11-13/h3-4,11H,5-10,12H2,1-2H3,(H,16,20). The molecule has 1 N–H and O–H groups in total. The molecule has 1 fully saturated rings. The highest BCUT2D eigenvalue weighted by Gasteiger charge is 2.20. The summed E-state index contributed by atoms with van der Waals surface area (Å²) in [6.07, 6.45) is 1.84. The van der Waals surface area contributed by atoms with Gasteiger partial charge in [-0.2, -0.15) is 0 Å². The van der Waals surface area contributed by atoms with Crippen molar-refractivity contribution < 1.29 is 14.3 Å². The van der Waals surface area contributed by atoms with E-state index in [1.807, 2.05) is 23.2 Å². The fraction of sp³-hybridized carbons (Fsp3) is 0.600. The summed E-state index contributed by atoms with van der Waals surface area (Å²) < 4.78 is 9.98. The Labute approximate surface area is 131 Å². The van der Waals surface area contributed by atoms with Gasteiger partial charge in [-0.15, -0.1) is 0 Å². The maximum absolute atomic E-state index is 11.9. The smallest absolute Gasteiger partial charge is 0.317 e. The van der Waals surface area contributed by atoms with Gasteiger partial charge in [0.15, 0.2) is 0 Å². The Kier molecular flexibility index (Phi) is 6.42. The first kappa shape index (κ1) is 16.5. The van der Waals surface area contributed by atoms with E-state index in [0.29, 0.717) is 19.0 Å². The number of piperazine rings is 1. The third-order valence-corrected chi connectivity index (χ3v) is 3.65. The Balaban J connectivity index is 1.73. The second-order valence-corrected chi connectivity index (χ2v) is 5.20. The molecule has 2 rings (SSSR count). The largest absolute Gasteiger partial charge is 0.481 e. The molecule has 22 heavy (non-hydrogen) atoms. The zero-order valence-corrected chi connectivity index (χ0v) is 13.2. The SMILES string of the molecule is COCCNC(=O)N1CCN(Cc2ccc(OC)nc2)CC1. The van der Waals surface area contributed by atoms with Crippen LogP contribution in [0.15, 0.2) is 18.3 Å². The Bertz CT molecular complexity index is 458. The summed E-state index contributed by atoms with van der Waals surface area (Å²) in [5.41, 5.74) is 1.15. The van der Waals surface area contributed by atoms with Gasteiger partial charge in [-0.3, -0.25) is 4.90 Å². The molecule has 0 unspecified atom stereocenters. The number of methoxy groups -OCH3 is 2. The molecule has 122 valence electrons. The lowest BCUT2D eigenvalue weighted by Crippen LogP contribution is -2.51. The number of nitrogens with zero attached hydrogens (tertiary/aromatic N) is 3. The lowest BCUT2D eigenvalue weighted by atomic mass is 10.2. The van der Waals surface area contributed by atoms with Crippen molar-refractivity contribution in [2.24, 2.45) is 0 Å². The first-order chi connectivity index (χ1) is 10.7. The molecule has 1 aliphatic rings. The summed E-state index contributed by atoms with van der Waals surface area (Å²) >= 11 is 0. The van der Waals surface area contributed by atoms with Crippen LogP contribution in [0.2, 0.25) is 0 Å². The molecular weight excluding hydrogens is 284 g/mol. The van der Waals surface area contributed by atoms with Crippen LogP contribution in [0.25, 0.3) is 0 Å². The predicted octanol–water partition coefficient (Wildman–Crippen LogP) is 0.564. The van der Waals surface area contributed by atoms with Gasteiger partial charge in [0.1, 0.15) is 0 Å². The van der Waals surface area contributed by atoms with Gasteiger partial charge >= 0.3 is 6.03 Å². The molecule has 1 aliphatic heterocycles. The number of nitrogens with one attached hydrogen (secondary N) is 1. The highest BCUT2D eigenvalue weighted by Crippen LogP contribution is 2.11. The first-order valence-electron chi connectivity index (χ1n) is 7.46. The van der Waals surface area contributed by atoms with Crippen LogP contribution < -0.4 is 10.1 Å². The van der Waals surface area contributed by atoms with Gasteiger partial charge in [-0.25, -0.2) is 9.78 Å². The van der Waals surface area contributed by atoms with E-state index >= 15 is 0 Å². The summed E-state index contributed by atoms with van der Waals surface area (Å²) in [5, 5.41) is 2.85. The Morgan fingerprint density at radius 2 is 2.05 bits per heavy atom. The number of pyridine rings is 1. The summed E-state index contributed by atoms with van der Waals surface area (Å²) in [6.45, 7) is 5.14. The second-order valence-electron chi connectivity index (χ2n) is 5.20. The molecule has 1 aromatic heterocycles. The Morgan fingerprint density at radius 3 is 2.64 bits per heavy atom. The molecular formula is C15H24N4O3. The molecule has 0 aliphatic carbocycles. The molecule has 7 heteroatoms. The van der Waals surface area contributed by atoms with E-state index in [1.54, 1.807) is 14.2 Å². The fourth-order valence-electron chi connectivity index (χ4n) is 2.36. The lowest BCUT2D eigenvalue weighted by molar-refractivity contribution is 0.132. The Hall–Kier alpha value is -1.86. The molecule has 0 radical (unpaired) electrons. The summed E-state index contributed by atoms with van der Waals surface area (Å²) in [6, 6.07) is 3.88. The minimum Gasteiger partial charge on any atom is -0.481 e. The van der Waals surface area contributed by atoms with Crippen LogP contribution >= 0.6 is 0 Å². The van der Waals surface area contributed by atoms with Crippen LogP contribution in [0.1, 0.15) is 5.56 Å². The maximum Gasteiger partial charge on any atom is 0.317 e. The first-order valence-corrected chi connectivity index (χ1v) is 7.46. The molecule has 0 spiro atoms. The summed E-state index contributed by atoms with van der Waals surface area (Å²) in [5.74, 6) is 0.626. The van der Waals surface area contributed by atoms with Gasteiger partial charge in [0.05, 0.1) is 13.7 Å². The van der Waals surface area contributed by atoms with Crippen LogP contribution in [-0.2, 0) is 11.3 Å². The monoisotopic (exact) mass is 308 g/mol. The van der Waals surface area contributed by atoms with Crippen LogP contribution in [0.5, 0.6) is 5.88 Å². The van der Waals surface area contributed by atoms with Gasteiger partial charge < -0.3 is 19.7 Å².